The van der Waals surface area contributed by atoms with Crippen molar-refractivity contribution in [3.8, 4) is 5.75 Å². The fourth-order valence-electron chi connectivity index (χ4n) is 4.41. The topological polar surface area (TPSA) is 141 Å². The van der Waals surface area contributed by atoms with E-state index < -0.39 is 29.7 Å². The molecule has 3 amide bonds. The van der Waals surface area contributed by atoms with Gasteiger partial charge in [-0.2, -0.15) is 0 Å². The molecule has 11 heteroatoms. The molecule has 1 aromatic heterocycles. The maximum atomic E-state index is 13.1. The van der Waals surface area contributed by atoms with Crippen LogP contribution in [0.3, 0.4) is 0 Å². The zero-order chi connectivity index (χ0) is 25.1. The number of carboxylic acids is 1. The Hall–Kier alpha value is -3.27. The molecule has 2 fully saturated rings. The Labute approximate surface area is 207 Å². The fraction of sp³-hybridized carbons (Fsp3) is 0.500. The molecule has 10 nitrogen and oxygen atoms in total. The highest BCUT2D eigenvalue weighted by Gasteiger charge is 2.35. The van der Waals surface area contributed by atoms with Crippen LogP contribution in [0.1, 0.15) is 55.4 Å². The molecule has 0 bridgehead atoms. The highest BCUT2D eigenvalue weighted by Crippen LogP contribution is 2.34. The van der Waals surface area contributed by atoms with Gasteiger partial charge in [0.15, 0.2) is 0 Å². The second kappa shape index (κ2) is 10.6. The maximum Gasteiger partial charge on any atom is 0.303 e. The first-order chi connectivity index (χ1) is 16.7. The number of carbonyl (C=O) groups is 4. The van der Waals surface area contributed by atoms with Gasteiger partial charge in [-0.1, -0.05) is 24.4 Å². The summed E-state index contributed by atoms with van der Waals surface area (Å²) in [7, 11) is 1.53. The molecule has 4 rings (SSSR count). The second-order valence-electron chi connectivity index (χ2n) is 9.20. The molecule has 2 heterocycles. The van der Waals surface area contributed by atoms with Crippen LogP contribution in [0.5, 0.6) is 5.75 Å². The highest BCUT2D eigenvalue weighted by atomic mass is 35.5. The number of piperidine rings is 1. The number of aromatic amines is 1. The zero-order valence-electron chi connectivity index (χ0n) is 19.4. The van der Waals surface area contributed by atoms with Gasteiger partial charge in [-0.25, -0.2) is 0 Å². The number of benzene rings is 1. The average Bonchev–Trinajstić information content (AvgIpc) is 3.53. The predicted octanol–water partition coefficient (Wildman–Crippen LogP) is 2.86. The van der Waals surface area contributed by atoms with Crippen molar-refractivity contribution >= 4 is 46.2 Å². The zero-order valence-corrected chi connectivity index (χ0v) is 20.2. The van der Waals surface area contributed by atoms with Crippen LogP contribution in [-0.4, -0.2) is 58.5 Å². The number of fused-ring (bicyclic) bond motifs is 1. The van der Waals surface area contributed by atoms with Crippen LogP contribution in [-0.2, 0) is 14.4 Å². The molecule has 1 aliphatic carbocycles. The van der Waals surface area contributed by atoms with E-state index in [1.54, 1.807) is 18.2 Å². The average molecular weight is 505 g/mol. The lowest BCUT2D eigenvalue weighted by Crippen LogP contribution is -2.57. The maximum absolute atomic E-state index is 13.1. The second-order valence-corrected chi connectivity index (χ2v) is 9.61. The third kappa shape index (κ3) is 6.05. The normalized spacial score (nSPS) is 18.9. The molecule has 1 saturated carbocycles. The van der Waals surface area contributed by atoms with Crippen LogP contribution >= 0.6 is 11.6 Å². The molecule has 1 aliphatic heterocycles. The van der Waals surface area contributed by atoms with Gasteiger partial charge in [0.1, 0.15) is 17.5 Å². The van der Waals surface area contributed by atoms with Crippen LogP contribution in [0.15, 0.2) is 18.2 Å². The molecular formula is C24H29ClN4O6. The number of hydrogen-bond acceptors (Lipinski definition) is 5. The number of carboxylic acid groups (broad SMARTS) is 1. The Morgan fingerprint density at radius 1 is 1.26 bits per heavy atom. The number of halogens is 1. The standard InChI is InChI=1S/C24H29ClN4O6/c1-35-16-10-15-11-19(26-21(15)17(25)12-16)22(32)27-18(9-13-4-5-13)23(33)28-29-8-2-3-14(24(29)34)6-7-20(30)31/h10-14,18,26H,2-9H2,1H3,(H,27,32)(H,28,33)(H,30,31)/t14-,18-/m0/s1. The number of H-pyrrole nitrogens is 1. The van der Waals surface area contributed by atoms with Gasteiger partial charge in [-0.15, -0.1) is 0 Å². The summed E-state index contributed by atoms with van der Waals surface area (Å²) in [5.74, 6) is -1.70. The van der Waals surface area contributed by atoms with Gasteiger partial charge in [-0.3, -0.25) is 29.6 Å². The minimum atomic E-state index is -0.956. The van der Waals surface area contributed by atoms with E-state index in [1.165, 1.54) is 12.1 Å². The third-order valence-corrected chi connectivity index (χ3v) is 6.82. The number of methoxy groups -OCH3 is 1. The van der Waals surface area contributed by atoms with E-state index in [-0.39, 0.29) is 24.4 Å². The number of ether oxygens (including phenoxy) is 1. The van der Waals surface area contributed by atoms with E-state index in [0.717, 1.165) is 12.8 Å². The van der Waals surface area contributed by atoms with Crippen molar-refractivity contribution in [2.24, 2.45) is 11.8 Å². The summed E-state index contributed by atoms with van der Waals surface area (Å²) < 4.78 is 5.22. The third-order valence-electron chi connectivity index (χ3n) is 6.52. The number of hydrogen-bond donors (Lipinski definition) is 4. The first kappa shape index (κ1) is 24.8. The highest BCUT2D eigenvalue weighted by molar-refractivity contribution is 6.35. The smallest absolute Gasteiger partial charge is 0.303 e. The SMILES string of the molecule is COc1cc(Cl)c2[nH]c(C(=O)N[C@@H](CC3CC3)C(=O)NN3CCC[C@@H](CCC(=O)O)C3=O)cc2c1. The van der Waals surface area contributed by atoms with Crippen LogP contribution < -0.4 is 15.5 Å². The van der Waals surface area contributed by atoms with Gasteiger partial charge in [0, 0.05) is 30.3 Å². The van der Waals surface area contributed by atoms with E-state index in [0.29, 0.717) is 53.4 Å². The molecule has 188 valence electrons. The Morgan fingerprint density at radius 2 is 2.03 bits per heavy atom. The van der Waals surface area contributed by atoms with Crippen molar-refractivity contribution in [3.05, 3.63) is 28.9 Å². The number of aliphatic carboxylic acids is 1. The molecule has 1 aromatic carbocycles. The molecule has 0 radical (unpaired) electrons. The molecule has 2 aliphatic rings. The molecule has 2 aromatic rings. The Bertz CT molecular complexity index is 1140. The van der Waals surface area contributed by atoms with E-state index in [4.69, 9.17) is 21.4 Å². The molecule has 4 N–H and O–H groups in total. The summed E-state index contributed by atoms with van der Waals surface area (Å²) in [5, 5.41) is 14.1. The Morgan fingerprint density at radius 3 is 2.71 bits per heavy atom. The molecule has 2 atom stereocenters. The number of hydrazine groups is 1. The van der Waals surface area contributed by atoms with Gasteiger partial charge in [0.05, 0.1) is 17.6 Å². The summed E-state index contributed by atoms with van der Waals surface area (Å²) in [6, 6.07) is 4.22. The van der Waals surface area contributed by atoms with Crippen molar-refractivity contribution in [1.29, 1.82) is 0 Å². The van der Waals surface area contributed by atoms with Gasteiger partial charge in [0.2, 0.25) is 5.91 Å². The molecule has 0 spiro atoms. The lowest BCUT2D eigenvalue weighted by molar-refractivity contribution is -0.149. The lowest BCUT2D eigenvalue weighted by Gasteiger charge is -2.33. The van der Waals surface area contributed by atoms with Gasteiger partial charge in [0.25, 0.3) is 11.8 Å². The molecule has 35 heavy (non-hydrogen) atoms. The van der Waals surface area contributed by atoms with Crippen molar-refractivity contribution in [3.63, 3.8) is 0 Å². The summed E-state index contributed by atoms with van der Waals surface area (Å²) >= 11 is 6.29. The summed E-state index contributed by atoms with van der Waals surface area (Å²) in [6.45, 7) is 0.348. The van der Waals surface area contributed by atoms with Gasteiger partial charge in [-0.05, 0) is 43.7 Å². The number of rotatable bonds is 10. The lowest BCUT2D eigenvalue weighted by atomic mass is 9.93. The predicted molar refractivity (Wildman–Crippen MR) is 128 cm³/mol. The van der Waals surface area contributed by atoms with Crippen LogP contribution in [0.2, 0.25) is 5.02 Å². The number of aromatic nitrogens is 1. The van der Waals surface area contributed by atoms with E-state index >= 15 is 0 Å². The fourth-order valence-corrected chi connectivity index (χ4v) is 4.67. The Balaban J connectivity index is 1.44. The number of nitrogens with one attached hydrogen (secondary N) is 3. The van der Waals surface area contributed by atoms with Crippen LogP contribution in [0.4, 0.5) is 0 Å². The van der Waals surface area contributed by atoms with E-state index in [1.807, 2.05) is 0 Å². The molecule has 1 saturated heterocycles. The molecule has 0 unspecified atom stereocenters. The number of carbonyl (C=O) groups excluding carboxylic acids is 3. The van der Waals surface area contributed by atoms with Crippen molar-refractivity contribution in [1.82, 2.24) is 20.7 Å². The van der Waals surface area contributed by atoms with Crippen molar-refractivity contribution in [2.75, 3.05) is 13.7 Å². The Kier molecular flexibility index (Phi) is 7.49. The number of amides is 3. The van der Waals surface area contributed by atoms with Gasteiger partial charge >= 0.3 is 5.97 Å². The van der Waals surface area contributed by atoms with Crippen molar-refractivity contribution < 1.29 is 29.0 Å². The van der Waals surface area contributed by atoms with E-state index in [2.05, 4.69) is 15.7 Å². The summed E-state index contributed by atoms with van der Waals surface area (Å²) in [5.41, 5.74) is 3.51. The molecular weight excluding hydrogens is 476 g/mol. The largest absolute Gasteiger partial charge is 0.497 e. The van der Waals surface area contributed by atoms with Gasteiger partial charge < -0.3 is 20.1 Å². The monoisotopic (exact) mass is 504 g/mol. The summed E-state index contributed by atoms with van der Waals surface area (Å²) in [6.07, 6.45) is 3.83. The minimum absolute atomic E-state index is 0.0983. The number of nitrogens with zero attached hydrogens (tertiary/aromatic N) is 1. The minimum Gasteiger partial charge on any atom is -0.497 e. The summed E-state index contributed by atoms with van der Waals surface area (Å²) in [4.78, 5) is 52.8. The van der Waals surface area contributed by atoms with Crippen molar-refractivity contribution in [2.45, 2.75) is 51.0 Å². The van der Waals surface area contributed by atoms with E-state index in [9.17, 15) is 19.2 Å². The first-order valence-corrected chi connectivity index (χ1v) is 12.1. The quantitative estimate of drug-likeness (QED) is 0.392. The van der Waals surface area contributed by atoms with Crippen LogP contribution in [0, 0.1) is 11.8 Å². The van der Waals surface area contributed by atoms with Crippen LogP contribution in [0.25, 0.3) is 10.9 Å². The first-order valence-electron chi connectivity index (χ1n) is 11.8.